The highest BCUT2D eigenvalue weighted by molar-refractivity contribution is 5.98. The lowest BCUT2D eigenvalue weighted by molar-refractivity contribution is -0.119. The molecule has 0 aromatic heterocycles. The third-order valence-corrected chi connectivity index (χ3v) is 4.24. The van der Waals surface area contributed by atoms with E-state index < -0.39 is 12.1 Å². The van der Waals surface area contributed by atoms with Crippen molar-refractivity contribution in [2.75, 3.05) is 18.4 Å². The summed E-state index contributed by atoms with van der Waals surface area (Å²) in [5.74, 6) is -0.442. The summed E-state index contributed by atoms with van der Waals surface area (Å²) in [4.78, 5) is 37.5. The summed E-state index contributed by atoms with van der Waals surface area (Å²) in [5, 5.41) is 5.23. The molecule has 0 unspecified atom stereocenters. The van der Waals surface area contributed by atoms with Crippen LogP contribution in [0.15, 0.2) is 24.3 Å². The van der Waals surface area contributed by atoms with Gasteiger partial charge in [-0.05, 0) is 44.0 Å². The zero-order chi connectivity index (χ0) is 19.0. The van der Waals surface area contributed by atoms with Crippen LogP contribution in [0.2, 0.25) is 0 Å². The highest BCUT2D eigenvalue weighted by Crippen LogP contribution is 2.14. The number of rotatable bonds is 8. The molecule has 4 amide bonds. The number of anilines is 1. The number of carbonyl (C=O) groups excluding carboxylic acids is 3. The molecular weight excluding hydrogens is 320 g/mol. The van der Waals surface area contributed by atoms with Crippen molar-refractivity contribution in [2.24, 2.45) is 11.7 Å². The monoisotopic (exact) mass is 348 g/mol. The molecule has 0 spiro atoms. The van der Waals surface area contributed by atoms with Crippen molar-refractivity contribution in [3.63, 3.8) is 0 Å². The summed E-state index contributed by atoms with van der Waals surface area (Å²) in [6.07, 6.45) is 0.718. The topological polar surface area (TPSA) is 105 Å². The van der Waals surface area contributed by atoms with Crippen molar-refractivity contribution in [1.82, 2.24) is 10.2 Å². The minimum Gasteiger partial charge on any atom is -0.352 e. The zero-order valence-corrected chi connectivity index (χ0v) is 15.3. The lowest BCUT2D eigenvalue weighted by atomic mass is 9.98. The summed E-state index contributed by atoms with van der Waals surface area (Å²) in [7, 11) is 0. The van der Waals surface area contributed by atoms with E-state index in [0.717, 1.165) is 6.42 Å². The maximum Gasteiger partial charge on any atom is 0.312 e. The number of primary amides is 1. The molecule has 0 aliphatic rings. The average Bonchev–Trinajstić information content (AvgIpc) is 2.60. The maximum absolute atomic E-state index is 12.4. The lowest BCUT2D eigenvalue weighted by Gasteiger charge is -2.22. The van der Waals surface area contributed by atoms with Gasteiger partial charge in [0.1, 0.15) is 6.04 Å². The van der Waals surface area contributed by atoms with E-state index in [2.05, 4.69) is 10.6 Å². The fraction of sp³-hybridized carbons (Fsp3) is 0.500. The minimum absolute atomic E-state index is 0.0456. The summed E-state index contributed by atoms with van der Waals surface area (Å²) in [6, 6.07) is 5.26. The Morgan fingerprint density at radius 3 is 2.08 bits per heavy atom. The van der Waals surface area contributed by atoms with Gasteiger partial charge in [0.15, 0.2) is 0 Å². The quantitative estimate of drug-likeness (QED) is 0.670. The van der Waals surface area contributed by atoms with Crippen molar-refractivity contribution in [3.8, 4) is 0 Å². The Bertz CT molecular complexity index is 597. The Labute approximate surface area is 148 Å². The van der Waals surface area contributed by atoms with Crippen LogP contribution in [0.25, 0.3) is 0 Å². The van der Waals surface area contributed by atoms with Crippen molar-refractivity contribution in [3.05, 3.63) is 29.8 Å². The number of nitrogens with two attached hydrogens (primary N) is 1. The number of amides is 4. The van der Waals surface area contributed by atoms with Crippen LogP contribution in [0.5, 0.6) is 0 Å². The van der Waals surface area contributed by atoms with Gasteiger partial charge < -0.3 is 21.3 Å². The Morgan fingerprint density at radius 1 is 1.08 bits per heavy atom. The van der Waals surface area contributed by atoms with E-state index >= 15 is 0 Å². The molecule has 0 saturated carbocycles. The number of nitrogens with one attached hydrogen (secondary N) is 2. The molecule has 0 saturated heterocycles. The van der Waals surface area contributed by atoms with Crippen molar-refractivity contribution >= 4 is 23.5 Å². The Hall–Kier alpha value is -2.57. The minimum atomic E-state index is -0.736. The summed E-state index contributed by atoms with van der Waals surface area (Å²) in [6.45, 7) is 8.94. The van der Waals surface area contributed by atoms with Crippen molar-refractivity contribution in [2.45, 2.75) is 40.2 Å². The smallest absolute Gasteiger partial charge is 0.312 e. The lowest BCUT2D eigenvalue weighted by Crippen LogP contribution is -2.49. The van der Waals surface area contributed by atoms with E-state index in [1.165, 1.54) is 0 Å². The molecule has 7 nitrogen and oxygen atoms in total. The number of hydrogen-bond donors (Lipinski definition) is 3. The van der Waals surface area contributed by atoms with Crippen LogP contribution in [0, 0.1) is 5.92 Å². The van der Waals surface area contributed by atoms with E-state index in [0.29, 0.717) is 24.3 Å². The van der Waals surface area contributed by atoms with E-state index in [1.807, 2.05) is 27.7 Å². The van der Waals surface area contributed by atoms with Crippen LogP contribution < -0.4 is 16.4 Å². The first-order chi connectivity index (χ1) is 11.8. The first kappa shape index (κ1) is 20.5. The van der Waals surface area contributed by atoms with Gasteiger partial charge in [-0.25, -0.2) is 4.79 Å². The first-order valence-corrected chi connectivity index (χ1v) is 8.60. The molecule has 0 radical (unpaired) electrons. The van der Waals surface area contributed by atoms with Crippen LogP contribution in [0.4, 0.5) is 10.5 Å². The number of benzene rings is 1. The third-order valence-electron chi connectivity index (χ3n) is 4.24. The van der Waals surface area contributed by atoms with Gasteiger partial charge in [0, 0.05) is 24.3 Å². The van der Waals surface area contributed by atoms with Crippen LogP contribution in [0.3, 0.4) is 0 Å². The van der Waals surface area contributed by atoms with E-state index in [4.69, 9.17) is 5.73 Å². The number of hydrogen-bond acceptors (Lipinski definition) is 3. The Morgan fingerprint density at radius 2 is 1.64 bits per heavy atom. The van der Waals surface area contributed by atoms with E-state index in [9.17, 15) is 14.4 Å². The molecule has 7 heteroatoms. The predicted octanol–water partition coefficient (Wildman–Crippen LogP) is 2.19. The maximum atomic E-state index is 12.4. The normalized spacial score (nSPS) is 12.8. The molecule has 0 aliphatic carbocycles. The van der Waals surface area contributed by atoms with Crippen LogP contribution in [0.1, 0.15) is 44.5 Å². The van der Waals surface area contributed by atoms with E-state index in [1.54, 1.807) is 29.2 Å². The van der Waals surface area contributed by atoms with Gasteiger partial charge in [-0.15, -0.1) is 0 Å². The van der Waals surface area contributed by atoms with Gasteiger partial charge in [0.25, 0.3) is 5.91 Å². The number of carbonyl (C=O) groups is 3. The molecule has 0 fully saturated rings. The molecule has 2 atom stereocenters. The van der Waals surface area contributed by atoms with Gasteiger partial charge in [0.2, 0.25) is 5.91 Å². The number of nitrogens with zero attached hydrogens (tertiary/aromatic N) is 1. The molecule has 0 aliphatic heterocycles. The van der Waals surface area contributed by atoms with Gasteiger partial charge in [-0.1, -0.05) is 20.3 Å². The van der Waals surface area contributed by atoms with Crippen molar-refractivity contribution in [1.29, 1.82) is 0 Å². The predicted molar refractivity (Wildman–Crippen MR) is 98.3 cm³/mol. The summed E-state index contributed by atoms with van der Waals surface area (Å²) >= 11 is 0. The standard InChI is InChI=1S/C18H28N4O3/c1-5-12(4)15(21-18(19)25)16(23)20-14-10-8-13(9-11-14)17(24)22(6-2)7-3/h8-12,15H,5-7H2,1-4H3,(H,20,23)(H3,19,21,25)/t12-,15+/m1/s1. The average molecular weight is 348 g/mol. The van der Waals surface area contributed by atoms with Gasteiger partial charge in [-0.3, -0.25) is 9.59 Å². The van der Waals surface area contributed by atoms with E-state index in [-0.39, 0.29) is 17.7 Å². The fourth-order valence-corrected chi connectivity index (χ4v) is 2.46. The number of urea groups is 1. The molecule has 0 heterocycles. The second-order valence-corrected chi connectivity index (χ2v) is 5.92. The molecule has 1 aromatic carbocycles. The molecule has 1 rings (SSSR count). The molecule has 0 bridgehead atoms. The molecule has 138 valence electrons. The highest BCUT2D eigenvalue weighted by atomic mass is 16.2. The zero-order valence-electron chi connectivity index (χ0n) is 15.3. The SMILES string of the molecule is CC[C@@H](C)[C@H](NC(N)=O)C(=O)Nc1ccc(C(=O)N(CC)CC)cc1. The second kappa shape index (κ2) is 9.66. The first-order valence-electron chi connectivity index (χ1n) is 8.60. The largest absolute Gasteiger partial charge is 0.352 e. The summed E-state index contributed by atoms with van der Waals surface area (Å²) in [5.41, 5.74) is 6.27. The fourth-order valence-electron chi connectivity index (χ4n) is 2.46. The van der Waals surface area contributed by atoms with Gasteiger partial charge in [-0.2, -0.15) is 0 Å². The summed E-state index contributed by atoms with van der Waals surface area (Å²) < 4.78 is 0. The van der Waals surface area contributed by atoms with Crippen LogP contribution in [-0.4, -0.2) is 41.9 Å². The van der Waals surface area contributed by atoms with Crippen LogP contribution in [-0.2, 0) is 4.79 Å². The molecule has 1 aromatic rings. The van der Waals surface area contributed by atoms with Gasteiger partial charge in [0.05, 0.1) is 0 Å². The van der Waals surface area contributed by atoms with Gasteiger partial charge >= 0.3 is 6.03 Å². The van der Waals surface area contributed by atoms with Crippen molar-refractivity contribution < 1.29 is 14.4 Å². The molecule has 4 N–H and O–H groups in total. The molecule has 25 heavy (non-hydrogen) atoms. The Balaban J connectivity index is 2.83. The van der Waals surface area contributed by atoms with Crippen LogP contribution >= 0.6 is 0 Å². The third kappa shape index (κ3) is 5.77. The Kier molecular flexibility index (Phi) is 7.91. The second-order valence-electron chi connectivity index (χ2n) is 5.92. The highest BCUT2D eigenvalue weighted by Gasteiger charge is 2.25. The molecular formula is C18H28N4O3.